The van der Waals surface area contributed by atoms with Gasteiger partial charge in [0.25, 0.3) is 10.0 Å². The van der Waals surface area contributed by atoms with Crippen molar-refractivity contribution in [2.24, 2.45) is 0 Å². The minimum Gasteiger partial charge on any atom is -0.497 e. The van der Waals surface area contributed by atoms with Crippen molar-refractivity contribution >= 4 is 27.5 Å². The molecule has 0 heterocycles. The van der Waals surface area contributed by atoms with Gasteiger partial charge in [-0.1, -0.05) is 79.7 Å². The highest BCUT2D eigenvalue weighted by Gasteiger charge is 2.34. The summed E-state index contributed by atoms with van der Waals surface area (Å²) in [5.74, 6) is -0.209. The quantitative estimate of drug-likeness (QED) is 0.207. The molecule has 1 atom stereocenters. The van der Waals surface area contributed by atoms with Crippen LogP contribution in [0.5, 0.6) is 5.75 Å². The van der Waals surface area contributed by atoms with Gasteiger partial charge in [-0.05, 0) is 66.4 Å². The van der Waals surface area contributed by atoms with Crippen LogP contribution in [-0.4, -0.2) is 51.4 Å². The maximum absolute atomic E-state index is 14.5. The Hall–Kier alpha value is -4.63. The monoisotopic (exact) mass is 613 g/mol. The maximum atomic E-state index is 14.5. The minimum absolute atomic E-state index is 0.0650. The molecule has 1 unspecified atom stereocenters. The lowest BCUT2D eigenvalue weighted by atomic mass is 10.0. The first-order chi connectivity index (χ1) is 21.2. The molecule has 0 aromatic heterocycles. The molecule has 0 saturated carbocycles. The first kappa shape index (κ1) is 32.3. The second-order valence-corrected chi connectivity index (χ2v) is 12.4. The van der Waals surface area contributed by atoms with Gasteiger partial charge in [-0.15, -0.1) is 0 Å². The largest absolute Gasteiger partial charge is 0.497 e. The fraction of sp³-hybridized carbons (Fsp3) is 0.257. The molecule has 4 aromatic rings. The van der Waals surface area contributed by atoms with E-state index in [2.05, 4.69) is 5.32 Å². The summed E-state index contributed by atoms with van der Waals surface area (Å²) >= 11 is 0. The van der Waals surface area contributed by atoms with Gasteiger partial charge in [0.2, 0.25) is 11.8 Å². The second kappa shape index (κ2) is 15.2. The number of hydrogen-bond donors (Lipinski definition) is 1. The number of anilines is 1. The van der Waals surface area contributed by atoms with E-state index in [1.165, 1.54) is 17.0 Å². The number of nitrogens with one attached hydrogen (secondary N) is 1. The van der Waals surface area contributed by atoms with Crippen LogP contribution in [0.25, 0.3) is 0 Å². The van der Waals surface area contributed by atoms with Crippen LogP contribution in [-0.2, 0) is 32.6 Å². The Morgan fingerprint density at radius 3 is 2.16 bits per heavy atom. The number of carbonyl (C=O) groups is 2. The molecule has 0 fully saturated rings. The van der Waals surface area contributed by atoms with Gasteiger partial charge in [0.05, 0.1) is 17.7 Å². The summed E-state index contributed by atoms with van der Waals surface area (Å²) in [6.07, 6.45) is 0.978. The lowest BCUT2D eigenvalue weighted by molar-refractivity contribution is -0.140. The number of sulfonamides is 1. The normalized spacial score (nSPS) is 11.8. The average Bonchev–Trinajstić information content (AvgIpc) is 3.04. The van der Waals surface area contributed by atoms with Crippen LogP contribution in [0.1, 0.15) is 30.0 Å². The Morgan fingerprint density at radius 1 is 0.841 bits per heavy atom. The lowest BCUT2D eigenvalue weighted by Gasteiger charge is -2.34. The van der Waals surface area contributed by atoms with E-state index in [9.17, 15) is 18.0 Å². The van der Waals surface area contributed by atoms with Crippen molar-refractivity contribution in [1.82, 2.24) is 10.2 Å². The van der Waals surface area contributed by atoms with Crippen molar-refractivity contribution in [2.45, 2.75) is 44.2 Å². The van der Waals surface area contributed by atoms with Crippen molar-refractivity contribution in [1.29, 1.82) is 0 Å². The highest BCUT2D eigenvalue weighted by molar-refractivity contribution is 7.92. The summed E-state index contributed by atoms with van der Waals surface area (Å²) < 4.78 is 34.6. The SMILES string of the molecule is CCCNC(=O)C(Cc1ccccc1)N(Cc1cccc(OC)c1)C(=O)CN(c1cccc(C)c1)S(=O)(=O)c1ccccc1. The van der Waals surface area contributed by atoms with Crippen LogP contribution in [0.2, 0.25) is 0 Å². The van der Waals surface area contributed by atoms with Crippen LogP contribution in [0.3, 0.4) is 0 Å². The van der Waals surface area contributed by atoms with Crippen LogP contribution >= 0.6 is 0 Å². The molecular weight excluding hydrogens is 574 g/mol. The number of methoxy groups -OCH3 is 1. The van der Waals surface area contributed by atoms with Crippen LogP contribution < -0.4 is 14.4 Å². The third kappa shape index (κ3) is 8.26. The Kier molecular flexibility index (Phi) is 11.2. The number of benzene rings is 4. The highest BCUT2D eigenvalue weighted by atomic mass is 32.2. The first-order valence-corrected chi connectivity index (χ1v) is 16.1. The third-order valence-corrected chi connectivity index (χ3v) is 9.00. The van der Waals surface area contributed by atoms with E-state index in [1.54, 1.807) is 49.6 Å². The Bertz CT molecular complexity index is 1650. The number of carbonyl (C=O) groups excluding carboxylic acids is 2. The van der Waals surface area contributed by atoms with Gasteiger partial charge in [0, 0.05) is 19.5 Å². The van der Waals surface area contributed by atoms with Crippen molar-refractivity contribution in [3.8, 4) is 5.75 Å². The molecule has 230 valence electrons. The molecule has 44 heavy (non-hydrogen) atoms. The Balaban J connectivity index is 1.80. The topological polar surface area (TPSA) is 96.0 Å². The van der Waals surface area contributed by atoms with Crippen molar-refractivity contribution in [3.05, 3.63) is 126 Å². The zero-order chi connectivity index (χ0) is 31.5. The van der Waals surface area contributed by atoms with E-state index in [0.29, 0.717) is 18.0 Å². The van der Waals surface area contributed by atoms with E-state index in [4.69, 9.17) is 4.74 Å². The standard InChI is InChI=1S/C35H39N3O5S/c1-4-21-36-35(40)33(24-28-14-7-5-8-15-28)37(25-29-16-12-18-31(23-29)43-3)34(39)26-38(30-17-11-13-27(2)22-30)44(41,42)32-19-9-6-10-20-32/h5-20,22-23,33H,4,21,24-26H2,1-3H3,(H,36,40). The average molecular weight is 614 g/mol. The van der Waals surface area contributed by atoms with Gasteiger partial charge in [-0.25, -0.2) is 8.42 Å². The molecule has 4 rings (SSSR count). The molecule has 0 saturated heterocycles. The Morgan fingerprint density at radius 2 is 1.50 bits per heavy atom. The molecular formula is C35H39N3O5S. The second-order valence-electron chi connectivity index (χ2n) is 10.5. The summed E-state index contributed by atoms with van der Waals surface area (Å²) in [4.78, 5) is 29.7. The van der Waals surface area contributed by atoms with E-state index in [-0.39, 0.29) is 23.8 Å². The molecule has 0 spiro atoms. The zero-order valence-electron chi connectivity index (χ0n) is 25.3. The number of nitrogens with zero attached hydrogens (tertiary/aromatic N) is 2. The van der Waals surface area contributed by atoms with Crippen molar-refractivity contribution in [2.75, 3.05) is 24.5 Å². The van der Waals surface area contributed by atoms with Crippen molar-refractivity contribution < 1.29 is 22.7 Å². The van der Waals surface area contributed by atoms with Gasteiger partial charge in [-0.2, -0.15) is 0 Å². The molecule has 4 aromatic carbocycles. The molecule has 0 radical (unpaired) electrons. The molecule has 2 amide bonds. The van der Waals surface area contributed by atoms with Crippen LogP contribution in [0.15, 0.2) is 114 Å². The minimum atomic E-state index is -4.14. The molecule has 0 bridgehead atoms. The first-order valence-electron chi connectivity index (χ1n) is 14.6. The highest BCUT2D eigenvalue weighted by Crippen LogP contribution is 2.26. The number of ether oxygens (including phenoxy) is 1. The number of amides is 2. The van der Waals surface area contributed by atoms with E-state index in [0.717, 1.165) is 27.4 Å². The number of hydrogen-bond acceptors (Lipinski definition) is 5. The molecule has 1 N–H and O–H groups in total. The molecule has 9 heteroatoms. The van der Waals surface area contributed by atoms with E-state index < -0.39 is 28.5 Å². The van der Waals surface area contributed by atoms with Crippen LogP contribution in [0.4, 0.5) is 5.69 Å². The number of aryl methyl sites for hydroxylation is 1. The zero-order valence-corrected chi connectivity index (χ0v) is 26.2. The van der Waals surface area contributed by atoms with Gasteiger partial charge in [-0.3, -0.25) is 13.9 Å². The summed E-state index contributed by atoms with van der Waals surface area (Å²) in [6, 6.07) is 30.9. The van der Waals surface area contributed by atoms with E-state index >= 15 is 0 Å². The summed E-state index contributed by atoms with van der Waals surface area (Å²) in [5, 5.41) is 2.96. The Labute approximate surface area is 260 Å². The smallest absolute Gasteiger partial charge is 0.264 e. The van der Waals surface area contributed by atoms with Gasteiger partial charge < -0.3 is 15.0 Å². The summed E-state index contributed by atoms with van der Waals surface area (Å²) in [6.45, 7) is 3.84. The predicted molar refractivity (Wildman–Crippen MR) is 173 cm³/mol. The van der Waals surface area contributed by atoms with Gasteiger partial charge >= 0.3 is 0 Å². The van der Waals surface area contributed by atoms with Gasteiger partial charge in [0.1, 0.15) is 18.3 Å². The molecule has 0 aliphatic heterocycles. The molecule has 0 aliphatic carbocycles. The third-order valence-electron chi connectivity index (χ3n) is 7.21. The fourth-order valence-electron chi connectivity index (χ4n) is 4.92. The maximum Gasteiger partial charge on any atom is 0.264 e. The fourth-order valence-corrected chi connectivity index (χ4v) is 6.35. The molecule has 0 aliphatic rings. The molecule has 8 nitrogen and oxygen atoms in total. The van der Waals surface area contributed by atoms with E-state index in [1.807, 2.05) is 68.4 Å². The van der Waals surface area contributed by atoms with Crippen LogP contribution in [0, 0.1) is 6.92 Å². The number of rotatable bonds is 14. The van der Waals surface area contributed by atoms with Gasteiger partial charge in [0.15, 0.2) is 0 Å². The predicted octanol–water partition coefficient (Wildman–Crippen LogP) is 5.37. The van der Waals surface area contributed by atoms with Crippen molar-refractivity contribution in [3.63, 3.8) is 0 Å². The summed E-state index contributed by atoms with van der Waals surface area (Å²) in [7, 11) is -2.57. The summed E-state index contributed by atoms with van der Waals surface area (Å²) in [5.41, 5.74) is 2.82. The lowest BCUT2D eigenvalue weighted by Crippen LogP contribution is -2.53.